The first kappa shape index (κ1) is 15.3. The van der Waals surface area contributed by atoms with E-state index in [0.717, 1.165) is 11.1 Å². The summed E-state index contributed by atoms with van der Waals surface area (Å²) in [6, 6.07) is 17.5. The standard InChI is InChI=1S/C18H21NO2/c1-13(12-14(2)20)19-18(21)17-10-8-16(9-11-17)15-6-4-3-5-7-15/h3-11,13-14,20H,12H2,1-2H3,(H,19,21). The van der Waals surface area contributed by atoms with Crippen LogP contribution < -0.4 is 5.32 Å². The predicted octanol–water partition coefficient (Wildman–Crippen LogP) is 3.24. The number of nitrogens with one attached hydrogen (secondary N) is 1. The molecule has 2 rings (SSSR count). The molecule has 3 nitrogen and oxygen atoms in total. The van der Waals surface area contributed by atoms with Gasteiger partial charge >= 0.3 is 0 Å². The summed E-state index contributed by atoms with van der Waals surface area (Å²) >= 11 is 0. The fourth-order valence-corrected chi connectivity index (χ4v) is 2.32. The van der Waals surface area contributed by atoms with Gasteiger partial charge in [0.2, 0.25) is 0 Å². The SMILES string of the molecule is CC(O)CC(C)NC(=O)c1ccc(-c2ccccc2)cc1. The molecule has 0 radical (unpaired) electrons. The van der Waals surface area contributed by atoms with Crippen molar-refractivity contribution in [1.29, 1.82) is 0 Å². The van der Waals surface area contributed by atoms with Gasteiger partial charge in [-0.05, 0) is 43.5 Å². The van der Waals surface area contributed by atoms with Crippen molar-refractivity contribution in [2.75, 3.05) is 0 Å². The molecule has 3 heteroatoms. The molecule has 2 N–H and O–H groups in total. The number of rotatable bonds is 5. The molecular weight excluding hydrogens is 262 g/mol. The van der Waals surface area contributed by atoms with Gasteiger partial charge in [0.05, 0.1) is 6.10 Å². The van der Waals surface area contributed by atoms with Crippen LogP contribution in [0.2, 0.25) is 0 Å². The Bertz CT molecular complexity index is 576. The summed E-state index contributed by atoms with van der Waals surface area (Å²) in [5, 5.41) is 12.2. The van der Waals surface area contributed by atoms with Crippen LogP contribution in [-0.2, 0) is 0 Å². The minimum absolute atomic E-state index is 0.0497. The molecule has 0 aromatic heterocycles. The number of benzene rings is 2. The lowest BCUT2D eigenvalue weighted by Crippen LogP contribution is -2.34. The molecule has 2 unspecified atom stereocenters. The van der Waals surface area contributed by atoms with E-state index in [0.29, 0.717) is 12.0 Å². The Labute approximate surface area is 125 Å². The Hall–Kier alpha value is -2.13. The first-order valence-electron chi connectivity index (χ1n) is 7.20. The molecule has 0 saturated carbocycles. The fourth-order valence-electron chi connectivity index (χ4n) is 2.32. The summed E-state index contributed by atoms with van der Waals surface area (Å²) in [6.07, 6.45) is 0.133. The summed E-state index contributed by atoms with van der Waals surface area (Å²) < 4.78 is 0. The molecule has 0 spiro atoms. The highest BCUT2D eigenvalue weighted by molar-refractivity contribution is 5.94. The van der Waals surface area contributed by atoms with Crippen LogP contribution in [0, 0.1) is 0 Å². The number of aliphatic hydroxyl groups excluding tert-OH is 1. The highest BCUT2D eigenvalue weighted by atomic mass is 16.3. The van der Waals surface area contributed by atoms with Gasteiger partial charge in [-0.25, -0.2) is 0 Å². The maximum absolute atomic E-state index is 12.1. The van der Waals surface area contributed by atoms with Gasteiger partial charge < -0.3 is 10.4 Å². The lowest BCUT2D eigenvalue weighted by atomic mass is 10.0. The molecule has 0 fully saturated rings. The zero-order chi connectivity index (χ0) is 15.2. The molecule has 0 aliphatic rings. The summed E-state index contributed by atoms with van der Waals surface area (Å²) in [7, 11) is 0. The monoisotopic (exact) mass is 283 g/mol. The minimum Gasteiger partial charge on any atom is -0.393 e. The van der Waals surface area contributed by atoms with Crippen molar-refractivity contribution >= 4 is 5.91 Å². The first-order valence-corrected chi connectivity index (χ1v) is 7.20. The summed E-state index contributed by atoms with van der Waals surface area (Å²) in [5.74, 6) is -0.109. The summed E-state index contributed by atoms with van der Waals surface area (Å²) in [5.41, 5.74) is 2.85. The topological polar surface area (TPSA) is 49.3 Å². The number of carbonyl (C=O) groups excluding carboxylic acids is 1. The van der Waals surface area contributed by atoms with Crippen molar-refractivity contribution < 1.29 is 9.90 Å². The molecule has 2 aromatic carbocycles. The van der Waals surface area contributed by atoms with Crippen LogP contribution in [-0.4, -0.2) is 23.2 Å². The summed E-state index contributed by atoms with van der Waals surface area (Å²) in [4.78, 5) is 12.1. The second kappa shape index (κ2) is 7.04. The van der Waals surface area contributed by atoms with Gasteiger partial charge in [0, 0.05) is 11.6 Å². The van der Waals surface area contributed by atoms with Crippen molar-refractivity contribution in [3.63, 3.8) is 0 Å². The lowest BCUT2D eigenvalue weighted by molar-refractivity contribution is 0.0923. The van der Waals surface area contributed by atoms with E-state index in [1.54, 1.807) is 6.92 Å². The predicted molar refractivity (Wildman–Crippen MR) is 85.1 cm³/mol. The van der Waals surface area contributed by atoms with Crippen molar-refractivity contribution in [1.82, 2.24) is 5.32 Å². The normalized spacial score (nSPS) is 13.5. The van der Waals surface area contributed by atoms with Crippen LogP contribution in [0.5, 0.6) is 0 Å². The molecule has 1 amide bonds. The van der Waals surface area contributed by atoms with Crippen LogP contribution >= 0.6 is 0 Å². The first-order chi connectivity index (χ1) is 10.1. The van der Waals surface area contributed by atoms with E-state index in [-0.39, 0.29) is 11.9 Å². The Balaban J connectivity index is 2.03. The second-order valence-corrected chi connectivity index (χ2v) is 5.40. The zero-order valence-electron chi connectivity index (χ0n) is 12.4. The number of hydrogen-bond donors (Lipinski definition) is 2. The molecule has 0 heterocycles. The van der Waals surface area contributed by atoms with Crippen molar-refractivity contribution in [2.45, 2.75) is 32.4 Å². The average molecular weight is 283 g/mol. The van der Waals surface area contributed by atoms with E-state index < -0.39 is 6.10 Å². The van der Waals surface area contributed by atoms with E-state index in [1.165, 1.54) is 0 Å². The lowest BCUT2D eigenvalue weighted by Gasteiger charge is -2.15. The largest absolute Gasteiger partial charge is 0.393 e. The molecule has 21 heavy (non-hydrogen) atoms. The highest BCUT2D eigenvalue weighted by Crippen LogP contribution is 2.19. The Morgan fingerprint density at radius 3 is 2.14 bits per heavy atom. The van der Waals surface area contributed by atoms with Gasteiger partial charge in [-0.2, -0.15) is 0 Å². The number of aliphatic hydroxyl groups is 1. The Morgan fingerprint density at radius 2 is 1.57 bits per heavy atom. The van der Waals surface area contributed by atoms with Gasteiger partial charge in [-0.1, -0.05) is 42.5 Å². The third-order valence-corrected chi connectivity index (χ3v) is 3.33. The Morgan fingerprint density at radius 1 is 1.00 bits per heavy atom. The van der Waals surface area contributed by atoms with E-state index in [9.17, 15) is 9.90 Å². The number of amides is 1. The maximum Gasteiger partial charge on any atom is 0.251 e. The molecule has 2 atom stereocenters. The molecule has 0 bridgehead atoms. The van der Waals surface area contributed by atoms with Gasteiger partial charge in [0.1, 0.15) is 0 Å². The van der Waals surface area contributed by atoms with Crippen molar-refractivity contribution in [3.8, 4) is 11.1 Å². The van der Waals surface area contributed by atoms with Gasteiger partial charge in [-0.15, -0.1) is 0 Å². The number of carbonyl (C=O) groups is 1. The maximum atomic E-state index is 12.1. The van der Waals surface area contributed by atoms with Gasteiger partial charge in [-0.3, -0.25) is 4.79 Å². The minimum atomic E-state index is -0.416. The second-order valence-electron chi connectivity index (χ2n) is 5.40. The smallest absolute Gasteiger partial charge is 0.251 e. The molecule has 0 aliphatic carbocycles. The van der Waals surface area contributed by atoms with Crippen molar-refractivity contribution in [2.24, 2.45) is 0 Å². The van der Waals surface area contributed by atoms with Crippen LogP contribution in [0.4, 0.5) is 0 Å². The average Bonchev–Trinajstić information content (AvgIpc) is 2.47. The molecule has 0 aliphatic heterocycles. The van der Waals surface area contributed by atoms with E-state index in [2.05, 4.69) is 5.32 Å². The van der Waals surface area contributed by atoms with Crippen LogP contribution in [0.25, 0.3) is 11.1 Å². The third kappa shape index (κ3) is 4.43. The fraction of sp³-hybridized carbons (Fsp3) is 0.278. The molecule has 0 saturated heterocycles. The van der Waals surface area contributed by atoms with E-state index >= 15 is 0 Å². The quantitative estimate of drug-likeness (QED) is 0.885. The molecular formula is C18H21NO2. The molecule has 110 valence electrons. The van der Waals surface area contributed by atoms with Gasteiger partial charge in [0.15, 0.2) is 0 Å². The zero-order valence-corrected chi connectivity index (χ0v) is 12.4. The van der Waals surface area contributed by atoms with Crippen molar-refractivity contribution in [3.05, 3.63) is 60.2 Å². The highest BCUT2D eigenvalue weighted by Gasteiger charge is 2.11. The van der Waals surface area contributed by atoms with E-state index in [4.69, 9.17) is 0 Å². The Kier molecular flexibility index (Phi) is 5.12. The molecule has 2 aromatic rings. The van der Waals surface area contributed by atoms with Crippen LogP contribution in [0.15, 0.2) is 54.6 Å². The van der Waals surface area contributed by atoms with Crippen LogP contribution in [0.1, 0.15) is 30.6 Å². The van der Waals surface area contributed by atoms with Gasteiger partial charge in [0.25, 0.3) is 5.91 Å². The summed E-state index contributed by atoms with van der Waals surface area (Å²) in [6.45, 7) is 3.61. The van der Waals surface area contributed by atoms with E-state index in [1.807, 2.05) is 61.5 Å². The van der Waals surface area contributed by atoms with Crippen LogP contribution in [0.3, 0.4) is 0 Å². The third-order valence-electron chi connectivity index (χ3n) is 3.33. The number of hydrogen-bond acceptors (Lipinski definition) is 2.